The molecule has 0 aliphatic heterocycles. The van der Waals surface area contributed by atoms with E-state index in [1.54, 1.807) is 5.57 Å². The minimum absolute atomic E-state index is 0. The Balaban J connectivity index is 0.00000221. The van der Waals surface area contributed by atoms with Gasteiger partial charge in [-0.05, 0) is 0 Å². The fraction of sp³-hybridized carbons (Fsp3) is 0.600. The summed E-state index contributed by atoms with van der Waals surface area (Å²) in [4.78, 5) is 0. The monoisotopic (exact) mass is 724 g/mol. The molecule has 6 aliphatic carbocycles. The summed E-state index contributed by atoms with van der Waals surface area (Å²) in [6.07, 6.45) is 36.7. The van der Waals surface area contributed by atoms with Gasteiger partial charge in [0.1, 0.15) is 0 Å². The number of allylic oxidation sites excluding steroid dienone is 16. The Morgan fingerprint density at radius 3 is 1.68 bits per heavy atom. The zero-order chi connectivity index (χ0) is 30.7. The second kappa shape index (κ2) is 11.3. The van der Waals surface area contributed by atoms with Gasteiger partial charge in [-0.1, -0.05) is 0 Å². The maximum absolute atomic E-state index is 2.85. The van der Waals surface area contributed by atoms with Gasteiger partial charge in [0.25, 0.3) is 0 Å². The third-order valence-electron chi connectivity index (χ3n) is 15.5. The van der Waals surface area contributed by atoms with Crippen LogP contribution >= 0.6 is 0 Å². The zero-order valence-electron chi connectivity index (χ0n) is 29.4. The molecule has 0 aromatic carbocycles. The quantitative estimate of drug-likeness (QED) is 0.336. The first kappa shape index (κ1) is 36.4. The molecule has 0 radical (unpaired) electrons. The number of hydrogen-bond donors (Lipinski definition) is 0. The van der Waals surface area contributed by atoms with Crippen LogP contribution in [0.4, 0.5) is 0 Å². The molecular weight excluding hydrogens is 671 g/mol. The Morgan fingerprint density at radius 2 is 1.18 bits per heavy atom. The first-order chi connectivity index (χ1) is 19.5. The summed E-state index contributed by atoms with van der Waals surface area (Å²) in [6.45, 7) is 32.0. The van der Waals surface area contributed by atoms with Crippen molar-refractivity contribution in [3.8, 4) is 0 Å². The summed E-state index contributed by atoms with van der Waals surface area (Å²) in [6, 6.07) is 0. The molecule has 0 saturated heterocycles. The molecule has 44 heavy (non-hydrogen) atoms. The maximum Gasteiger partial charge on any atom is -1.00 e. The second-order valence-corrected chi connectivity index (χ2v) is 32.3. The first-order valence-electron chi connectivity index (χ1n) is 16.7. The first-order valence-corrected chi connectivity index (χ1v) is 24.7. The van der Waals surface area contributed by atoms with Gasteiger partial charge >= 0.3 is 268 Å². The Labute approximate surface area is 290 Å². The van der Waals surface area contributed by atoms with Gasteiger partial charge in [-0.2, -0.15) is 0 Å². The Bertz CT molecular complexity index is 1490. The topological polar surface area (TPSA) is 0 Å². The molecule has 9 atom stereocenters. The molecule has 0 amide bonds. The van der Waals surface area contributed by atoms with E-state index in [-0.39, 0.29) is 62.7 Å². The van der Waals surface area contributed by atoms with Gasteiger partial charge in [-0.15, -0.1) is 0 Å². The summed E-state index contributed by atoms with van der Waals surface area (Å²) in [5.41, 5.74) is 2.81. The summed E-state index contributed by atoms with van der Waals surface area (Å²) in [7, 11) is 0. The molecule has 6 rings (SSSR count). The van der Waals surface area contributed by atoms with Gasteiger partial charge in [-0.3, -0.25) is 0 Å². The molecule has 4 heteroatoms. The van der Waals surface area contributed by atoms with E-state index in [0.29, 0.717) is 5.92 Å². The van der Waals surface area contributed by atoms with Crippen LogP contribution in [0.5, 0.6) is 0 Å². The van der Waals surface area contributed by atoms with E-state index in [9.17, 15) is 0 Å². The van der Waals surface area contributed by atoms with E-state index in [1.165, 1.54) is 6.42 Å². The minimum Gasteiger partial charge on any atom is -1.00 e. The molecule has 0 heterocycles. The predicted molar refractivity (Wildman–Crippen MR) is 181 cm³/mol. The van der Waals surface area contributed by atoms with Crippen molar-refractivity contribution in [2.75, 3.05) is 0 Å². The van der Waals surface area contributed by atoms with E-state index in [4.69, 9.17) is 0 Å². The van der Waals surface area contributed by atoms with Crippen molar-refractivity contribution < 1.29 is 45.2 Å². The standard InChI is InChI=1S/C29H37.C6H14Si.C5H5.2ClH.Zr/c1-21-14-13-15-22-20-27(6)25(4)18-10-9-16-23(25,2)24(3)17-11-12-19-26(24,5)29(27,8)28(21,22)7;1-5(2)7-6(3)4;1-2-4-5-3-1;;;/h9-20,22H,1-8H3;5-6H,1-4H3;1-3H,4H2;2*1H;/q;;;;;+2/p-2. The Morgan fingerprint density at radius 1 is 0.682 bits per heavy atom. The van der Waals surface area contributed by atoms with Crippen LogP contribution in [0.3, 0.4) is 0 Å². The molecule has 2 fully saturated rings. The van der Waals surface area contributed by atoms with E-state index < -0.39 is 25.8 Å². The molecule has 9 unspecified atom stereocenters. The average molecular weight is 727 g/mol. The van der Waals surface area contributed by atoms with Gasteiger partial charge in [-0.25, -0.2) is 0 Å². The van der Waals surface area contributed by atoms with Crippen LogP contribution in [0.25, 0.3) is 0 Å². The number of hydrogen-bond acceptors (Lipinski definition) is 0. The molecule has 0 spiro atoms. The van der Waals surface area contributed by atoms with Crippen molar-refractivity contribution in [3.63, 3.8) is 0 Å². The smallest absolute Gasteiger partial charge is 1.00 e. The van der Waals surface area contributed by atoms with Crippen LogP contribution in [-0.2, 0) is 20.4 Å². The van der Waals surface area contributed by atoms with Crippen molar-refractivity contribution in [1.29, 1.82) is 0 Å². The van der Waals surface area contributed by atoms with Crippen LogP contribution < -0.4 is 24.8 Å². The van der Waals surface area contributed by atoms with Crippen LogP contribution in [-0.4, -0.2) is 5.43 Å². The predicted octanol–water partition coefficient (Wildman–Crippen LogP) is 5.51. The van der Waals surface area contributed by atoms with Crippen molar-refractivity contribution in [2.24, 2.45) is 43.8 Å². The Kier molecular flexibility index (Phi) is 9.40. The third kappa shape index (κ3) is 3.73. The molecule has 0 nitrogen and oxygen atoms in total. The molecule has 0 aromatic rings. The maximum atomic E-state index is 2.85. The van der Waals surface area contributed by atoms with Gasteiger partial charge in [0.05, 0.1) is 0 Å². The Hall–Kier alpha value is -0.400. The van der Waals surface area contributed by atoms with Crippen molar-refractivity contribution in [2.45, 2.75) is 104 Å². The van der Waals surface area contributed by atoms with Gasteiger partial charge in [0.2, 0.25) is 0 Å². The zero-order valence-corrected chi connectivity index (χ0v) is 34.3. The van der Waals surface area contributed by atoms with Gasteiger partial charge in [0, 0.05) is 0 Å². The van der Waals surface area contributed by atoms with Crippen LogP contribution in [0.1, 0.15) is 89.5 Å². The summed E-state index contributed by atoms with van der Waals surface area (Å²) in [5.74, 6) is 0.574. The molecule has 238 valence electrons. The molecule has 0 bridgehead atoms. The number of fused-ring (bicyclic) bond motifs is 8. The van der Waals surface area contributed by atoms with Gasteiger partial charge in [0.15, 0.2) is 0 Å². The number of halogens is 2. The van der Waals surface area contributed by atoms with Crippen molar-refractivity contribution >= 4 is 5.43 Å². The molecule has 0 N–H and O–H groups in total. The van der Waals surface area contributed by atoms with Crippen LogP contribution in [0.2, 0.25) is 14.7 Å². The molecular formula is C40H56Cl2SiZr. The third-order valence-corrected chi connectivity index (χ3v) is 41.9. The number of rotatable bonds is 4. The molecule has 2 saturated carbocycles. The largest absolute Gasteiger partial charge is 1.00 e. The second-order valence-electron chi connectivity index (χ2n) is 16.5. The van der Waals surface area contributed by atoms with E-state index in [2.05, 4.69) is 168 Å². The van der Waals surface area contributed by atoms with E-state index in [0.717, 1.165) is 14.7 Å². The normalized spacial score (nSPS) is 45.4. The summed E-state index contributed by atoms with van der Waals surface area (Å²) < 4.78 is 2.66. The SMILES string of the molecule is CC1=CC=CC2[CH]([Zr+2]([C]3=CC=CC3)=[Si](C(C)C)C(C)C)C3(C)C4(C)C=CC=CC4(C)C4(C)C=CC=CC4(C)C3(C)C12C.[Cl-].[Cl-]. The van der Waals surface area contributed by atoms with Gasteiger partial charge < -0.3 is 24.8 Å². The van der Waals surface area contributed by atoms with E-state index in [1.807, 2.05) is 3.28 Å². The van der Waals surface area contributed by atoms with Crippen LogP contribution in [0, 0.1) is 43.8 Å². The molecule has 0 aromatic heterocycles. The minimum atomic E-state index is -2.33. The average Bonchev–Trinajstić information content (AvgIpc) is 3.51. The van der Waals surface area contributed by atoms with E-state index >= 15 is 0 Å². The summed E-state index contributed by atoms with van der Waals surface area (Å²) in [5, 5.41) is 0. The van der Waals surface area contributed by atoms with Crippen LogP contribution in [0.15, 0.2) is 93.9 Å². The fourth-order valence-electron chi connectivity index (χ4n) is 12.7. The molecule has 6 aliphatic rings. The van der Waals surface area contributed by atoms with Crippen molar-refractivity contribution in [1.82, 2.24) is 0 Å². The van der Waals surface area contributed by atoms with Crippen molar-refractivity contribution in [3.05, 3.63) is 93.9 Å². The summed E-state index contributed by atoms with van der Waals surface area (Å²) >= 11 is -2.33. The fourth-order valence-corrected chi connectivity index (χ4v) is 41.8.